The number of thioether (sulfide) groups is 1. The number of sulfonamides is 1. The molecule has 6 nitrogen and oxygen atoms in total. The maximum atomic E-state index is 12.9. The number of carbonyl (C=O) groups excluding carboxylic acids is 1. The Labute approximate surface area is 167 Å². The van der Waals surface area contributed by atoms with Crippen molar-refractivity contribution >= 4 is 27.7 Å². The molecule has 0 aromatic heterocycles. The second kappa shape index (κ2) is 9.30. The molecule has 1 aliphatic heterocycles. The van der Waals surface area contributed by atoms with E-state index in [2.05, 4.69) is 26.1 Å². The van der Waals surface area contributed by atoms with E-state index in [1.54, 1.807) is 36.0 Å². The average Bonchev–Trinajstić information content (AvgIpc) is 2.64. The summed E-state index contributed by atoms with van der Waals surface area (Å²) in [5.41, 5.74) is 0. The Morgan fingerprint density at radius 3 is 2.56 bits per heavy atom. The lowest BCUT2D eigenvalue weighted by Crippen LogP contribution is -2.45. The second-order valence-corrected chi connectivity index (χ2v) is 11.5. The molecular weight excluding hydrogens is 384 g/mol. The van der Waals surface area contributed by atoms with Crippen LogP contribution in [0.5, 0.6) is 5.75 Å². The van der Waals surface area contributed by atoms with Gasteiger partial charge < -0.3 is 10.1 Å². The largest absolute Gasteiger partial charge is 0.497 e. The first kappa shape index (κ1) is 22.0. The molecule has 0 saturated carbocycles. The van der Waals surface area contributed by atoms with Crippen LogP contribution in [0.2, 0.25) is 0 Å². The fraction of sp³-hybridized carbons (Fsp3) is 0.632. The zero-order chi connectivity index (χ0) is 20.1. The fourth-order valence-electron chi connectivity index (χ4n) is 2.95. The van der Waals surface area contributed by atoms with Crippen molar-refractivity contribution in [3.8, 4) is 5.75 Å². The van der Waals surface area contributed by atoms with Gasteiger partial charge in [0, 0.05) is 30.1 Å². The van der Waals surface area contributed by atoms with E-state index in [0.717, 1.165) is 5.75 Å². The fourth-order valence-corrected chi connectivity index (χ4v) is 5.29. The lowest BCUT2D eigenvalue weighted by Gasteiger charge is -2.31. The highest BCUT2D eigenvalue weighted by atomic mass is 32.2. The number of benzene rings is 1. The van der Waals surface area contributed by atoms with Crippen molar-refractivity contribution in [3.05, 3.63) is 24.3 Å². The van der Waals surface area contributed by atoms with Gasteiger partial charge >= 0.3 is 0 Å². The number of hydrogen-bond acceptors (Lipinski definition) is 5. The van der Waals surface area contributed by atoms with Gasteiger partial charge in [-0.1, -0.05) is 20.8 Å². The third-order valence-corrected chi connectivity index (χ3v) is 7.54. The summed E-state index contributed by atoms with van der Waals surface area (Å²) in [4.78, 5) is 12.7. The first-order valence-electron chi connectivity index (χ1n) is 9.19. The van der Waals surface area contributed by atoms with Crippen LogP contribution in [0.15, 0.2) is 29.2 Å². The zero-order valence-electron chi connectivity index (χ0n) is 16.5. The van der Waals surface area contributed by atoms with E-state index in [9.17, 15) is 13.2 Å². The van der Waals surface area contributed by atoms with Crippen LogP contribution in [-0.4, -0.2) is 55.9 Å². The summed E-state index contributed by atoms with van der Waals surface area (Å²) < 4.78 is 32.4. The highest BCUT2D eigenvalue weighted by molar-refractivity contribution is 8.00. The number of amides is 1. The minimum absolute atomic E-state index is 0.0564. The predicted molar refractivity (Wildman–Crippen MR) is 110 cm³/mol. The Hall–Kier alpha value is -1.25. The predicted octanol–water partition coefficient (Wildman–Crippen LogP) is 2.74. The van der Waals surface area contributed by atoms with E-state index in [1.807, 2.05) is 0 Å². The topological polar surface area (TPSA) is 75.7 Å². The van der Waals surface area contributed by atoms with Crippen LogP contribution in [0.25, 0.3) is 0 Å². The Morgan fingerprint density at radius 2 is 1.96 bits per heavy atom. The molecular formula is C19H30N2O4S2. The summed E-state index contributed by atoms with van der Waals surface area (Å²) in [5, 5.41) is 2.95. The first-order chi connectivity index (χ1) is 12.6. The number of carbonyl (C=O) groups is 1. The van der Waals surface area contributed by atoms with E-state index in [1.165, 1.54) is 11.4 Å². The van der Waals surface area contributed by atoms with E-state index in [4.69, 9.17) is 4.74 Å². The maximum Gasteiger partial charge on any atom is 0.243 e. The summed E-state index contributed by atoms with van der Waals surface area (Å²) >= 11 is 1.80. The van der Waals surface area contributed by atoms with E-state index in [0.29, 0.717) is 31.7 Å². The summed E-state index contributed by atoms with van der Waals surface area (Å²) in [6.07, 6.45) is 1.40. The SMILES string of the molecule is COc1ccc(S(=O)(=O)N2CCC[C@H](C(=O)NCCSC(C)(C)C)C2)cc1. The lowest BCUT2D eigenvalue weighted by atomic mass is 9.99. The number of nitrogens with one attached hydrogen (secondary N) is 1. The first-order valence-corrected chi connectivity index (χ1v) is 11.6. The second-order valence-electron chi connectivity index (χ2n) is 7.63. The van der Waals surface area contributed by atoms with Crippen LogP contribution in [-0.2, 0) is 14.8 Å². The van der Waals surface area contributed by atoms with Crippen molar-refractivity contribution in [2.75, 3.05) is 32.5 Å². The number of piperidine rings is 1. The van der Waals surface area contributed by atoms with Crippen LogP contribution in [0, 0.1) is 5.92 Å². The number of nitrogens with zero attached hydrogens (tertiary/aromatic N) is 1. The molecule has 27 heavy (non-hydrogen) atoms. The van der Waals surface area contributed by atoms with Crippen LogP contribution in [0.3, 0.4) is 0 Å². The molecule has 0 radical (unpaired) electrons. The van der Waals surface area contributed by atoms with E-state index >= 15 is 0 Å². The van der Waals surface area contributed by atoms with Gasteiger partial charge in [-0.05, 0) is 37.1 Å². The molecule has 1 aliphatic rings. The Morgan fingerprint density at radius 1 is 1.30 bits per heavy atom. The number of hydrogen-bond donors (Lipinski definition) is 1. The standard InChI is InChI=1S/C19H30N2O4S2/c1-19(2,3)26-13-11-20-18(22)15-6-5-12-21(14-15)27(23,24)17-9-7-16(25-4)8-10-17/h7-10,15H,5-6,11-14H2,1-4H3,(H,20,22)/t15-/m0/s1. The summed E-state index contributed by atoms with van der Waals surface area (Å²) in [6.45, 7) is 7.70. The minimum Gasteiger partial charge on any atom is -0.497 e. The molecule has 0 unspecified atom stereocenters. The molecule has 1 aromatic carbocycles. The van der Waals surface area contributed by atoms with Gasteiger partial charge in [-0.25, -0.2) is 8.42 Å². The zero-order valence-corrected chi connectivity index (χ0v) is 18.2. The molecule has 1 heterocycles. The Bertz CT molecular complexity index is 727. The van der Waals surface area contributed by atoms with Gasteiger partial charge in [0.25, 0.3) is 0 Å². The van der Waals surface area contributed by atoms with Gasteiger partial charge in [-0.15, -0.1) is 0 Å². The Kier molecular flexibility index (Phi) is 7.59. The lowest BCUT2D eigenvalue weighted by molar-refractivity contribution is -0.125. The highest BCUT2D eigenvalue weighted by Gasteiger charge is 2.33. The molecule has 1 amide bonds. The van der Waals surface area contributed by atoms with Crippen molar-refractivity contribution in [2.45, 2.75) is 43.3 Å². The Balaban J connectivity index is 1.94. The molecule has 1 atom stereocenters. The molecule has 1 fully saturated rings. The maximum absolute atomic E-state index is 12.9. The van der Waals surface area contributed by atoms with E-state index in [-0.39, 0.29) is 28.0 Å². The normalized spacial score (nSPS) is 18.9. The molecule has 2 rings (SSSR count). The molecule has 1 saturated heterocycles. The molecule has 8 heteroatoms. The third-order valence-electron chi connectivity index (χ3n) is 4.39. The van der Waals surface area contributed by atoms with Crippen LogP contribution >= 0.6 is 11.8 Å². The summed E-state index contributed by atoms with van der Waals surface area (Å²) in [5.74, 6) is 1.10. The average molecular weight is 415 g/mol. The van der Waals surface area contributed by atoms with Crippen molar-refractivity contribution < 1.29 is 17.9 Å². The van der Waals surface area contributed by atoms with Crippen LogP contribution in [0.4, 0.5) is 0 Å². The monoisotopic (exact) mass is 414 g/mol. The highest BCUT2D eigenvalue weighted by Crippen LogP contribution is 2.25. The molecule has 152 valence electrons. The van der Waals surface area contributed by atoms with Gasteiger partial charge in [0.1, 0.15) is 5.75 Å². The van der Waals surface area contributed by atoms with Crippen LogP contribution < -0.4 is 10.1 Å². The number of rotatable bonds is 7. The van der Waals surface area contributed by atoms with Crippen molar-refractivity contribution in [1.82, 2.24) is 9.62 Å². The van der Waals surface area contributed by atoms with Crippen molar-refractivity contribution in [1.29, 1.82) is 0 Å². The van der Waals surface area contributed by atoms with Gasteiger partial charge in [-0.2, -0.15) is 16.1 Å². The van der Waals surface area contributed by atoms with Crippen LogP contribution in [0.1, 0.15) is 33.6 Å². The van der Waals surface area contributed by atoms with Gasteiger partial charge in [0.05, 0.1) is 17.9 Å². The summed E-state index contributed by atoms with van der Waals surface area (Å²) in [7, 11) is -2.07. The smallest absolute Gasteiger partial charge is 0.243 e. The molecule has 0 aliphatic carbocycles. The van der Waals surface area contributed by atoms with Crippen molar-refractivity contribution in [3.63, 3.8) is 0 Å². The van der Waals surface area contributed by atoms with Gasteiger partial charge in [0.15, 0.2) is 0 Å². The molecule has 0 spiro atoms. The van der Waals surface area contributed by atoms with E-state index < -0.39 is 10.0 Å². The quantitative estimate of drug-likeness (QED) is 0.695. The molecule has 0 bridgehead atoms. The molecule has 1 N–H and O–H groups in total. The molecule has 1 aromatic rings. The number of ether oxygens (including phenoxy) is 1. The summed E-state index contributed by atoms with van der Waals surface area (Å²) in [6, 6.07) is 6.35. The van der Waals surface area contributed by atoms with Gasteiger partial charge in [-0.3, -0.25) is 4.79 Å². The number of methoxy groups -OCH3 is 1. The van der Waals surface area contributed by atoms with Gasteiger partial charge in [0.2, 0.25) is 15.9 Å². The minimum atomic E-state index is -3.60. The third kappa shape index (κ3) is 6.40. The van der Waals surface area contributed by atoms with Crippen molar-refractivity contribution in [2.24, 2.45) is 5.92 Å².